The summed E-state index contributed by atoms with van der Waals surface area (Å²) in [6, 6.07) is 3.88. The van der Waals surface area contributed by atoms with Crippen LogP contribution >= 0.6 is 0 Å². The van der Waals surface area contributed by atoms with Gasteiger partial charge in [0.25, 0.3) is 0 Å². The molecular weight excluding hydrogens is 281 g/mol. The molecule has 0 bridgehead atoms. The highest BCUT2D eigenvalue weighted by atomic mass is 32.2. The summed E-state index contributed by atoms with van der Waals surface area (Å²) in [5, 5.41) is 0. The van der Waals surface area contributed by atoms with E-state index in [2.05, 4.69) is 0 Å². The summed E-state index contributed by atoms with van der Waals surface area (Å²) in [5.74, 6) is -0.404. The second kappa shape index (κ2) is 5.09. The highest BCUT2D eigenvalue weighted by molar-refractivity contribution is 7.89. The lowest BCUT2D eigenvalue weighted by Gasteiger charge is -2.43. The van der Waals surface area contributed by atoms with Crippen LogP contribution in [0.25, 0.3) is 0 Å². The van der Waals surface area contributed by atoms with Crippen LogP contribution in [0.3, 0.4) is 0 Å². The Labute approximate surface area is 119 Å². The van der Waals surface area contributed by atoms with E-state index in [1.807, 2.05) is 20.8 Å². The van der Waals surface area contributed by atoms with E-state index >= 15 is 0 Å². The molecule has 0 amide bonds. The number of nitrogens with zero attached hydrogens (tertiary/aromatic N) is 1. The Morgan fingerprint density at radius 1 is 1.40 bits per heavy atom. The maximum atomic E-state index is 13.3. The zero-order chi connectivity index (χ0) is 15.1. The van der Waals surface area contributed by atoms with Crippen molar-refractivity contribution in [3.8, 4) is 0 Å². The summed E-state index contributed by atoms with van der Waals surface area (Å²) in [6.45, 7) is 7.69. The van der Waals surface area contributed by atoms with Crippen LogP contribution in [-0.4, -0.2) is 37.5 Å². The molecule has 20 heavy (non-hydrogen) atoms. The predicted molar refractivity (Wildman–Crippen MR) is 74.5 cm³/mol. The third kappa shape index (κ3) is 2.73. The summed E-state index contributed by atoms with van der Waals surface area (Å²) < 4.78 is 45.8. The van der Waals surface area contributed by atoms with Crippen molar-refractivity contribution in [3.63, 3.8) is 0 Å². The van der Waals surface area contributed by atoms with Gasteiger partial charge < -0.3 is 4.74 Å². The molecule has 0 spiro atoms. The van der Waals surface area contributed by atoms with Crippen LogP contribution in [0.1, 0.15) is 26.3 Å². The van der Waals surface area contributed by atoms with E-state index in [4.69, 9.17) is 4.74 Å². The van der Waals surface area contributed by atoms with Crippen LogP contribution in [-0.2, 0) is 14.8 Å². The van der Waals surface area contributed by atoms with E-state index in [1.165, 1.54) is 22.5 Å². The summed E-state index contributed by atoms with van der Waals surface area (Å²) in [4.78, 5) is 0.124. The first-order valence-electron chi connectivity index (χ1n) is 6.55. The minimum absolute atomic E-state index is 0.124. The van der Waals surface area contributed by atoms with Crippen molar-refractivity contribution in [2.75, 3.05) is 13.2 Å². The Morgan fingerprint density at radius 2 is 2.05 bits per heavy atom. The Bertz CT molecular complexity index is 613. The minimum Gasteiger partial charge on any atom is -0.375 e. The number of aryl methyl sites for hydroxylation is 1. The smallest absolute Gasteiger partial charge is 0.243 e. The average molecular weight is 301 g/mol. The molecule has 0 aliphatic carbocycles. The van der Waals surface area contributed by atoms with Gasteiger partial charge in [-0.05, 0) is 51.5 Å². The maximum Gasteiger partial charge on any atom is 0.243 e. The van der Waals surface area contributed by atoms with Gasteiger partial charge in [0, 0.05) is 6.54 Å². The van der Waals surface area contributed by atoms with E-state index in [9.17, 15) is 12.8 Å². The topological polar surface area (TPSA) is 46.6 Å². The number of rotatable bonds is 2. The SMILES string of the molecule is Cc1cc(S(=O)(=O)N2CC(C)OCC2(C)C)ccc1F. The fraction of sp³-hybridized carbons (Fsp3) is 0.571. The molecule has 2 rings (SSSR count). The molecule has 112 valence electrons. The Morgan fingerprint density at radius 3 is 2.65 bits per heavy atom. The fourth-order valence-corrected chi connectivity index (χ4v) is 4.21. The van der Waals surface area contributed by atoms with Gasteiger partial charge in [-0.1, -0.05) is 0 Å². The fourth-order valence-electron chi connectivity index (χ4n) is 2.28. The van der Waals surface area contributed by atoms with Gasteiger partial charge in [-0.3, -0.25) is 0 Å². The zero-order valence-electron chi connectivity index (χ0n) is 12.2. The second-order valence-corrected chi connectivity index (χ2v) is 7.74. The quantitative estimate of drug-likeness (QED) is 0.842. The lowest BCUT2D eigenvalue weighted by Crippen LogP contribution is -2.57. The monoisotopic (exact) mass is 301 g/mol. The van der Waals surface area contributed by atoms with Crippen LogP contribution in [0, 0.1) is 12.7 Å². The van der Waals surface area contributed by atoms with Gasteiger partial charge in [-0.15, -0.1) is 0 Å². The Balaban J connectivity index is 2.45. The first-order valence-corrected chi connectivity index (χ1v) is 7.99. The second-order valence-electron chi connectivity index (χ2n) is 5.88. The molecule has 1 heterocycles. The van der Waals surface area contributed by atoms with Gasteiger partial charge in [0.1, 0.15) is 5.82 Å². The molecule has 6 heteroatoms. The number of hydrogen-bond donors (Lipinski definition) is 0. The number of benzene rings is 1. The standard InChI is InChI=1S/C14H20FNO3S/c1-10-7-12(5-6-13(10)15)20(17,18)16-8-11(2)19-9-14(16,3)4/h5-7,11H,8-9H2,1-4H3. The predicted octanol–water partition coefficient (Wildman–Crippen LogP) is 2.32. The van der Waals surface area contributed by atoms with Crippen molar-refractivity contribution < 1.29 is 17.5 Å². The third-order valence-electron chi connectivity index (χ3n) is 3.54. The van der Waals surface area contributed by atoms with Crippen molar-refractivity contribution in [2.24, 2.45) is 0 Å². The summed E-state index contributed by atoms with van der Waals surface area (Å²) in [6.07, 6.45) is -0.153. The van der Waals surface area contributed by atoms with E-state index in [0.29, 0.717) is 18.7 Å². The third-order valence-corrected chi connectivity index (χ3v) is 5.61. The van der Waals surface area contributed by atoms with Gasteiger partial charge >= 0.3 is 0 Å². The first-order chi connectivity index (χ1) is 9.14. The maximum absolute atomic E-state index is 13.3. The molecule has 1 aliphatic rings. The lowest BCUT2D eigenvalue weighted by molar-refractivity contribution is -0.0551. The van der Waals surface area contributed by atoms with E-state index < -0.39 is 21.4 Å². The van der Waals surface area contributed by atoms with Gasteiger partial charge in [0.2, 0.25) is 10.0 Å². The number of ether oxygens (including phenoxy) is 1. The molecule has 1 saturated heterocycles. The van der Waals surface area contributed by atoms with E-state index in [0.717, 1.165) is 0 Å². The van der Waals surface area contributed by atoms with E-state index in [-0.39, 0.29) is 11.0 Å². The van der Waals surface area contributed by atoms with Gasteiger partial charge in [0.05, 0.1) is 23.1 Å². The highest BCUT2D eigenvalue weighted by Gasteiger charge is 2.41. The van der Waals surface area contributed by atoms with Crippen LogP contribution in [0.2, 0.25) is 0 Å². The van der Waals surface area contributed by atoms with Gasteiger partial charge in [-0.25, -0.2) is 12.8 Å². The first kappa shape index (κ1) is 15.4. The highest BCUT2D eigenvalue weighted by Crippen LogP contribution is 2.29. The summed E-state index contributed by atoms with van der Waals surface area (Å²) in [5.41, 5.74) is -0.293. The number of morpholine rings is 1. The number of halogens is 1. The molecule has 1 fully saturated rings. The molecular formula is C14H20FNO3S. The van der Waals surface area contributed by atoms with Crippen molar-refractivity contribution in [1.29, 1.82) is 0 Å². The summed E-state index contributed by atoms with van der Waals surface area (Å²) >= 11 is 0. The van der Waals surface area contributed by atoms with Crippen LogP contribution in [0.15, 0.2) is 23.1 Å². The zero-order valence-corrected chi connectivity index (χ0v) is 13.0. The Hall–Kier alpha value is -0.980. The van der Waals surface area contributed by atoms with Crippen LogP contribution in [0.4, 0.5) is 4.39 Å². The molecule has 1 aliphatic heterocycles. The number of hydrogen-bond acceptors (Lipinski definition) is 3. The normalized spacial score (nSPS) is 23.8. The van der Waals surface area contributed by atoms with Gasteiger partial charge in [0.15, 0.2) is 0 Å². The average Bonchev–Trinajstić information content (AvgIpc) is 2.35. The molecule has 1 atom stereocenters. The summed E-state index contributed by atoms with van der Waals surface area (Å²) in [7, 11) is -3.66. The number of sulfonamides is 1. The van der Waals surface area contributed by atoms with Crippen LogP contribution in [0.5, 0.6) is 0 Å². The lowest BCUT2D eigenvalue weighted by atomic mass is 10.1. The van der Waals surface area contributed by atoms with Crippen LogP contribution < -0.4 is 0 Å². The Kier molecular flexibility index (Phi) is 3.92. The largest absolute Gasteiger partial charge is 0.375 e. The molecule has 0 N–H and O–H groups in total. The molecule has 0 aromatic heterocycles. The van der Waals surface area contributed by atoms with Gasteiger partial charge in [-0.2, -0.15) is 4.31 Å². The minimum atomic E-state index is -3.66. The molecule has 0 saturated carbocycles. The van der Waals surface area contributed by atoms with Crippen molar-refractivity contribution in [2.45, 2.75) is 44.2 Å². The van der Waals surface area contributed by atoms with Crippen molar-refractivity contribution >= 4 is 10.0 Å². The van der Waals surface area contributed by atoms with Crippen molar-refractivity contribution in [3.05, 3.63) is 29.6 Å². The van der Waals surface area contributed by atoms with Crippen molar-refractivity contribution in [1.82, 2.24) is 4.31 Å². The molecule has 1 unspecified atom stereocenters. The molecule has 4 nitrogen and oxygen atoms in total. The molecule has 1 aromatic rings. The van der Waals surface area contributed by atoms with E-state index in [1.54, 1.807) is 6.92 Å². The molecule has 1 aromatic carbocycles. The molecule has 0 radical (unpaired) electrons.